The Bertz CT molecular complexity index is 417. The third-order valence-corrected chi connectivity index (χ3v) is 2.32. The predicted molar refractivity (Wildman–Crippen MR) is 60.1 cm³/mol. The van der Waals surface area contributed by atoms with Crippen LogP contribution in [-0.2, 0) is 0 Å². The van der Waals surface area contributed by atoms with Crippen LogP contribution in [0.25, 0.3) is 0 Å². The molecule has 0 saturated carbocycles. The van der Waals surface area contributed by atoms with Crippen molar-refractivity contribution in [1.82, 2.24) is 5.32 Å². The summed E-state index contributed by atoms with van der Waals surface area (Å²) in [6, 6.07) is 2.56. The van der Waals surface area contributed by atoms with Crippen molar-refractivity contribution in [3.05, 3.63) is 35.4 Å². The zero-order valence-corrected chi connectivity index (χ0v) is 9.28. The molecule has 1 atom stereocenters. The van der Waals surface area contributed by atoms with Gasteiger partial charge in [-0.3, -0.25) is 4.79 Å². The first-order chi connectivity index (χ1) is 7.43. The van der Waals surface area contributed by atoms with Crippen LogP contribution in [-0.4, -0.2) is 16.9 Å². The van der Waals surface area contributed by atoms with Gasteiger partial charge in [0.25, 0.3) is 5.91 Å². The van der Waals surface area contributed by atoms with E-state index in [2.05, 4.69) is 17.5 Å². The number of hydrogen-bond acceptors (Lipinski definition) is 2. The fraction of sp³-hybridized carbons (Fsp3) is 0.200. The first-order valence-electron chi connectivity index (χ1n) is 4.47. The summed E-state index contributed by atoms with van der Waals surface area (Å²) in [7, 11) is 0. The molecule has 0 aliphatic rings. The minimum atomic E-state index is -0.923. The van der Waals surface area contributed by atoms with Crippen molar-refractivity contribution in [2.24, 2.45) is 5.73 Å². The fourth-order valence-electron chi connectivity index (χ4n) is 1.05. The van der Waals surface area contributed by atoms with Crippen LogP contribution in [0.4, 0.5) is 8.78 Å². The fourth-order valence-corrected chi connectivity index (χ4v) is 1.11. The molecule has 0 radical (unpaired) electrons. The number of amides is 1. The van der Waals surface area contributed by atoms with E-state index in [1.165, 1.54) is 13.0 Å². The van der Waals surface area contributed by atoms with E-state index in [0.717, 1.165) is 12.1 Å². The van der Waals surface area contributed by atoms with Crippen molar-refractivity contribution < 1.29 is 13.6 Å². The molecule has 1 amide bonds. The maximum absolute atomic E-state index is 13.2. The molecule has 3 N–H and O–H groups in total. The van der Waals surface area contributed by atoms with Gasteiger partial charge < -0.3 is 11.1 Å². The minimum absolute atomic E-state index is 0.0464. The second kappa shape index (κ2) is 4.98. The number of carbonyl (C=O) groups excluding carboxylic acids is 1. The number of halogens is 2. The number of nitrogens with two attached hydrogens (primary N) is 1. The smallest absolute Gasteiger partial charge is 0.257 e. The minimum Gasteiger partial charge on any atom is -0.392 e. The Balaban J connectivity index is 2.93. The molecule has 6 heteroatoms. The highest BCUT2D eigenvalue weighted by Crippen LogP contribution is 2.11. The lowest BCUT2D eigenvalue weighted by Gasteiger charge is -2.12. The highest BCUT2D eigenvalue weighted by Gasteiger charge is 2.19. The molecule has 0 spiro atoms. The first-order valence-corrected chi connectivity index (χ1v) is 4.88. The lowest BCUT2D eigenvalue weighted by atomic mass is 10.1. The van der Waals surface area contributed by atoms with Gasteiger partial charge in [-0.15, -0.1) is 0 Å². The topological polar surface area (TPSA) is 55.1 Å². The van der Waals surface area contributed by atoms with Crippen LogP contribution in [0.5, 0.6) is 0 Å². The zero-order chi connectivity index (χ0) is 12.3. The third-order valence-electron chi connectivity index (χ3n) is 1.96. The van der Waals surface area contributed by atoms with Gasteiger partial charge >= 0.3 is 0 Å². The Labute approximate surface area is 96.6 Å². The molecule has 3 nitrogen and oxygen atoms in total. The van der Waals surface area contributed by atoms with Gasteiger partial charge in [-0.05, 0) is 19.1 Å². The molecule has 86 valence electrons. The zero-order valence-electron chi connectivity index (χ0n) is 8.46. The van der Waals surface area contributed by atoms with Gasteiger partial charge in [0.2, 0.25) is 0 Å². The average Bonchev–Trinajstić information content (AvgIpc) is 2.16. The Morgan fingerprint density at radius 1 is 1.44 bits per heavy atom. The second-order valence-electron chi connectivity index (χ2n) is 3.19. The van der Waals surface area contributed by atoms with Crippen molar-refractivity contribution >= 4 is 23.1 Å². The Hall–Kier alpha value is -1.56. The summed E-state index contributed by atoms with van der Waals surface area (Å²) in [5.41, 5.74) is 4.63. The van der Waals surface area contributed by atoms with Crippen molar-refractivity contribution in [3.63, 3.8) is 0 Å². The second-order valence-corrected chi connectivity index (χ2v) is 3.67. The highest BCUT2D eigenvalue weighted by molar-refractivity contribution is 7.80. The van der Waals surface area contributed by atoms with Crippen molar-refractivity contribution in [2.45, 2.75) is 13.0 Å². The normalized spacial score (nSPS) is 11.9. The maximum Gasteiger partial charge on any atom is 0.257 e. The molecular formula is C10H10F2N2OS. The number of benzene rings is 1. The van der Waals surface area contributed by atoms with Crippen LogP contribution in [0.3, 0.4) is 0 Å². The van der Waals surface area contributed by atoms with Gasteiger partial charge in [0.15, 0.2) is 0 Å². The molecule has 0 bridgehead atoms. The lowest BCUT2D eigenvalue weighted by molar-refractivity contribution is 0.0941. The van der Waals surface area contributed by atoms with Crippen molar-refractivity contribution in [2.75, 3.05) is 0 Å². The maximum atomic E-state index is 13.2. The van der Waals surface area contributed by atoms with E-state index >= 15 is 0 Å². The molecule has 0 aliphatic heterocycles. The van der Waals surface area contributed by atoms with Gasteiger partial charge in [0.1, 0.15) is 17.2 Å². The van der Waals surface area contributed by atoms with Crippen LogP contribution >= 0.6 is 12.2 Å². The molecule has 0 saturated heterocycles. The van der Waals surface area contributed by atoms with Crippen LogP contribution in [0.2, 0.25) is 0 Å². The molecule has 16 heavy (non-hydrogen) atoms. The quantitative estimate of drug-likeness (QED) is 0.789. The largest absolute Gasteiger partial charge is 0.392 e. The van der Waals surface area contributed by atoms with Crippen LogP contribution in [0.15, 0.2) is 18.2 Å². The Morgan fingerprint density at radius 3 is 2.38 bits per heavy atom. The van der Waals surface area contributed by atoms with E-state index in [0.29, 0.717) is 0 Å². The molecular weight excluding hydrogens is 234 g/mol. The molecule has 1 aromatic rings. The number of hydrogen-bond donors (Lipinski definition) is 2. The molecule has 0 heterocycles. The summed E-state index contributed by atoms with van der Waals surface area (Å²) >= 11 is 4.63. The average molecular weight is 244 g/mol. The third kappa shape index (κ3) is 2.73. The van der Waals surface area contributed by atoms with E-state index in [9.17, 15) is 13.6 Å². The Morgan fingerprint density at radius 2 is 1.94 bits per heavy atom. The van der Waals surface area contributed by atoms with E-state index in [4.69, 9.17) is 5.73 Å². The van der Waals surface area contributed by atoms with Crippen LogP contribution in [0.1, 0.15) is 17.3 Å². The molecule has 0 aromatic heterocycles. The van der Waals surface area contributed by atoms with Crippen molar-refractivity contribution in [1.29, 1.82) is 0 Å². The monoisotopic (exact) mass is 244 g/mol. The van der Waals surface area contributed by atoms with E-state index in [1.54, 1.807) is 0 Å². The number of nitrogens with one attached hydrogen (secondary N) is 1. The number of rotatable bonds is 3. The summed E-state index contributed by atoms with van der Waals surface area (Å²) in [6.45, 7) is 1.53. The molecule has 1 unspecified atom stereocenters. The highest BCUT2D eigenvalue weighted by atomic mass is 32.1. The van der Waals surface area contributed by atoms with E-state index in [-0.39, 0.29) is 4.99 Å². The van der Waals surface area contributed by atoms with Gasteiger partial charge in [0, 0.05) is 0 Å². The summed E-state index contributed by atoms with van der Waals surface area (Å²) in [6.07, 6.45) is 0. The summed E-state index contributed by atoms with van der Waals surface area (Å²) in [4.78, 5) is 11.5. The molecule has 0 fully saturated rings. The molecule has 1 aromatic carbocycles. The van der Waals surface area contributed by atoms with Crippen LogP contribution < -0.4 is 11.1 Å². The van der Waals surface area contributed by atoms with Gasteiger partial charge in [-0.2, -0.15) is 0 Å². The van der Waals surface area contributed by atoms with Crippen LogP contribution in [0, 0.1) is 11.6 Å². The standard InChI is InChI=1S/C10H10F2N2OS/c1-5(9(13)16)14-10(15)8-6(11)3-2-4-7(8)12/h2-5H,1H3,(H2,13,16)(H,14,15). The summed E-state index contributed by atoms with van der Waals surface area (Å²) < 4.78 is 26.4. The summed E-state index contributed by atoms with van der Waals surface area (Å²) in [5.74, 6) is -2.73. The van der Waals surface area contributed by atoms with E-state index in [1.807, 2.05) is 0 Å². The first kappa shape index (κ1) is 12.5. The predicted octanol–water partition coefficient (Wildman–Crippen LogP) is 1.37. The Kier molecular flexibility index (Phi) is 3.89. The van der Waals surface area contributed by atoms with Gasteiger partial charge in [0.05, 0.1) is 11.0 Å². The van der Waals surface area contributed by atoms with Gasteiger partial charge in [-0.25, -0.2) is 8.78 Å². The summed E-state index contributed by atoms with van der Waals surface area (Å²) in [5, 5.41) is 2.29. The molecule has 1 rings (SSSR count). The van der Waals surface area contributed by atoms with Crippen molar-refractivity contribution in [3.8, 4) is 0 Å². The van der Waals surface area contributed by atoms with Gasteiger partial charge in [-0.1, -0.05) is 18.3 Å². The molecule has 0 aliphatic carbocycles. The lowest BCUT2D eigenvalue weighted by Crippen LogP contribution is -2.41. The number of carbonyl (C=O) groups is 1. The van der Waals surface area contributed by atoms with E-state index < -0.39 is 29.1 Å². The number of thiocarbonyl (C=S) groups is 1. The SMILES string of the molecule is CC(NC(=O)c1c(F)cccc1F)C(N)=S.